The van der Waals surface area contributed by atoms with Crippen LogP contribution < -0.4 is 4.74 Å². The minimum Gasteiger partial charge on any atom is -0.464 e. The number of hydrogen-bond donors (Lipinski definition) is 0. The van der Waals surface area contributed by atoms with Crippen molar-refractivity contribution in [2.45, 2.75) is 13.3 Å². The summed E-state index contributed by atoms with van der Waals surface area (Å²) in [6, 6.07) is 11.7. The third-order valence-electron chi connectivity index (χ3n) is 5.36. The van der Waals surface area contributed by atoms with Crippen molar-refractivity contribution in [3.63, 3.8) is 0 Å². The zero-order valence-corrected chi connectivity index (χ0v) is 17.6. The first-order valence-electron chi connectivity index (χ1n) is 10.3. The number of rotatable bonds is 7. The number of hydrogen-bond acceptors (Lipinski definition) is 6. The Bertz CT molecular complexity index is 1160. The maximum absolute atomic E-state index is 13.9. The largest absolute Gasteiger partial charge is 0.464 e. The molecule has 0 aliphatic carbocycles. The molecule has 1 aromatic heterocycles. The van der Waals surface area contributed by atoms with Crippen LogP contribution in [0.1, 0.15) is 16.1 Å². The zero-order valence-electron chi connectivity index (χ0n) is 17.6. The Morgan fingerprint density at radius 1 is 1.06 bits per heavy atom. The van der Waals surface area contributed by atoms with Gasteiger partial charge in [0.2, 0.25) is 0 Å². The molecular formula is C22H21F2N5O4. The zero-order chi connectivity index (χ0) is 23.4. The van der Waals surface area contributed by atoms with Gasteiger partial charge in [-0.25, -0.2) is 13.5 Å². The molecule has 2 aromatic carbocycles. The smallest absolute Gasteiger partial charge is 0.311 e. The van der Waals surface area contributed by atoms with Gasteiger partial charge in [0.25, 0.3) is 5.91 Å². The van der Waals surface area contributed by atoms with Gasteiger partial charge in [0.15, 0.2) is 29.8 Å². The normalized spacial score (nSPS) is 14.3. The summed E-state index contributed by atoms with van der Waals surface area (Å²) in [5.41, 5.74) is 0.356. The molecule has 3 aromatic rings. The Morgan fingerprint density at radius 2 is 1.82 bits per heavy atom. The van der Waals surface area contributed by atoms with E-state index in [2.05, 4.69) is 5.10 Å². The van der Waals surface area contributed by atoms with E-state index >= 15 is 0 Å². The van der Waals surface area contributed by atoms with Crippen molar-refractivity contribution in [3.8, 4) is 5.75 Å². The Hall–Kier alpha value is -3.86. The predicted molar refractivity (Wildman–Crippen MR) is 113 cm³/mol. The summed E-state index contributed by atoms with van der Waals surface area (Å²) >= 11 is 0. The second kappa shape index (κ2) is 9.74. The average molecular weight is 457 g/mol. The van der Waals surface area contributed by atoms with E-state index in [9.17, 15) is 23.7 Å². The van der Waals surface area contributed by atoms with E-state index in [1.807, 2.05) is 4.90 Å². The van der Waals surface area contributed by atoms with Crippen LogP contribution in [0.5, 0.6) is 5.75 Å². The Labute approximate surface area is 187 Å². The number of nitro groups is 1. The first-order chi connectivity index (χ1) is 15.9. The van der Waals surface area contributed by atoms with E-state index in [0.29, 0.717) is 26.2 Å². The van der Waals surface area contributed by atoms with Crippen molar-refractivity contribution < 1.29 is 23.2 Å². The maximum atomic E-state index is 13.9. The molecule has 1 aliphatic rings. The highest BCUT2D eigenvalue weighted by Gasteiger charge is 2.24. The predicted octanol–water partition coefficient (Wildman–Crippen LogP) is 3.06. The van der Waals surface area contributed by atoms with Gasteiger partial charge in [-0.3, -0.25) is 19.8 Å². The summed E-state index contributed by atoms with van der Waals surface area (Å²) in [4.78, 5) is 26.9. The molecule has 0 spiro atoms. The number of halogens is 2. The number of piperazine rings is 1. The molecule has 0 atom stereocenters. The first-order valence-corrected chi connectivity index (χ1v) is 10.3. The standard InChI is InChI=1S/C22H21F2N5O4/c23-17-5-3-4-16(21(17)24)14-26-10-12-27(13-11-26)22(30)18-8-9-28(25-18)15-33-20-7-2-1-6-19(20)29(31)32/h1-9H,10-15H2. The summed E-state index contributed by atoms with van der Waals surface area (Å²) < 4.78 is 34.2. The van der Waals surface area contributed by atoms with Crippen LogP contribution in [-0.4, -0.2) is 56.6 Å². The van der Waals surface area contributed by atoms with E-state index in [4.69, 9.17) is 4.74 Å². The van der Waals surface area contributed by atoms with E-state index in [1.165, 1.54) is 22.9 Å². The molecular weight excluding hydrogens is 436 g/mol. The Morgan fingerprint density at radius 3 is 2.58 bits per heavy atom. The third kappa shape index (κ3) is 5.14. The van der Waals surface area contributed by atoms with Crippen LogP contribution in [0.15, 0.2) is 54.7 Å². The van der Waals surface area contributed by atoms with Gasteiger partial charge in [-0.2, -0.15) is 5.10 Å². The number of nitrogens with zero attached hydrogens (tertiary/aromatic N) is 5. The number of carbonyl (C=O) groups is 1. The molecule has 11 heteroatoms. The monoisotopic (exact) mass is 457 g/mol. The Balaban J connectivity index is 1.31. The lowest BCUT2D eigenvalue weighted by molar-refractivity contribution is -0.386. The van der Waals surface area contributed by atoms with Gasteiger partial charge in [0, 0.05) is 50.6 Å². The summed E-state index contributed by atoms with van der Waals surface area (Å²) in [5, 5.41) is 15.3. The van der Waals surface area contributed by atoms with Crippen molar-refractivity contribution >= 4 is 11.6 Å². The molecule has 9 nitrogen and oxygen atoms in total. The number of amides is 1. The van der Waals surface area contributed by atoms with E-state index in [0.717, 1.165) is 6.07 Å². The molecule has 2 heterocycles. The van der Waals surface area contributed by atoms with Crippen LogP contribution in [0.4, 0.5) is 14.5 Å². The van der Waals surface area contributed by atoms with Crippen molar-refractivity contribution in [2.24, 2.45) is 0 Å². The SMILES string of the molecule is O=C(c1ccn(COc2ccccc2[N+](=O)[O-])n1)N1CCN(Cc2cccc(F)c2F)CC1. The minimum atomic E-state index is -0.872. The first kappa shape index (κ1) is 22.3. The fourth-order valence-electron chi connectivity index (χ4n) is 3.60. The summed E-state index contributed by atoms with van der Waals surface area (Å²) in [6.45, 7) is 2.06. The molecule has 33 heavy (non-hydrogen) atoms. The van der Waals surface area contributed by atoms with Crippen LogP contribution >= 0.6 is 0 Å². The fourth-order valence-corrected chi connectivity index (χ4v) is 3.60. The fraction of sp³-hybridized carbons (Fsp3) is 0.273. The van der Waals surface area contributed by atoms with Crippen molar-refractivity contribution in [2.75, 3.05) is 26.2 Å². The second-order valence-electron chi connectivity index (χ2n) is 7.52. The van der Waals surface area contributed by atoms with Gasteiger partial charge in [-0.1, -0.05) is 24.3 Å². The number of carbonyl (C=O) groups excluding carboxylic acids is 1. The van der Waals surface area contributed by atoms with Crippen molar-refractivity contribution in [3.05, 3.63) is 87.7 Å². The molecule has 172 valence electrons. The van der Waals surface area contributed by atoms with E-state index < -0.39 is 16.6 Å². The third-order valence-corrected chi connectivity index (χ3v) is 5.36. The molecule has 1 saturated heterocycles. The van der Waals surface area contributed by atoms with Crippen LogP contribution in [0, 0.1) is 21.7 Å². The van der Waals surface area contributed by atoms with Gasteiger partial charge < -0.3 is 9.64 Å². The number of ether oxygens (including phenoxy) is 1. The number of para-hydroxylation sites is 2. The summed E-state index contributed by atoms with van der Waals surface area (Å²) in [6.07, 6.45) is 1.56. The number of aromatic nitrogens is 2. The molecule has 0 radical (unpaired) electrons. The van der Waals surface area contributed by atoms with Crippen LogP contribution in [-0.2, 0) is 13.3 Å². The quantitative estimate of drug-likeness (QED) is 0.400. The number of nitro benzene ring substituents is 1. The average Bonchev–Trinajstić information content (AvgIpc) is 3.30. The van der Waals surface area contributed by atoms with E-state index in [1.54, 1.807) is 35.4 Å². The minimum absolute atomic E-state index is 0.0922. The molecule has 0 N–H and O–H groups in total. The lowest BCUT2D eigenvalue weighted by atomic mass is 10.1. The molecule has 4 rings (SSSR count). The molecule has 1 amide bonds. The molecule has 0 saturated carbocycles. The van der Waals surface area contributed by atoms with Gasteiger partial charge in [0.1, 0.15) is 0 Å². The van der Waals surface area contributed by atoms with Gasteiger partial charge in [0.05, 0.1) is 4.92 Å². The van der Waals surface area contributed by atoms with E-state index in [-0.39, 0.29) is 41.9 Å². The lowest BCUT2D eigenvalue weighted by Gasteiger charge is -2.34. The number of benzene rings is 2. The topological polar surface area (TPSA) is 93.7 Å². The molecule has 1 aliphatic heterocycles. The molecule has 1 fully saturated rings. The summed E-state index contributed by atoms with van der Waals surface area (Å²) in [7, 11) is 0. The lowest BCUT2D eigenvalue weighted by Crippen LogP contribution is -2.48. The van der Waals surface area contributed by atoms with Crippen molar-refractivity contribution in [1.82, 2.24) is 19.6 Å². The van der Waals surface area contributed by atoms with Crippen LogP contribution in [0.25, 0.3) is 0 Å². The molecule has 0 unspecified atom stereocenters. The highest BCUT2D eigenvalue weighted by Crippen LogP contribution is 2.26. The summed E-state index contributed by atoms with van der Waals surface area (Å²) in [5.74, 6) is -1.86. The van der Waals surface area contributed by atoms with Gasteiger partial charge in [-0.15, -0.1) is 0 Å². The Kier molecular flexibility index (Phi) is 6.59. The second-order valence-corrected chi connectivity index (χ2v) is 7.52. The van der Waals surface area contributed by atoms with Gasteiger partial charge >= 0.3 is 5.69 Å². The highest BCUT2D eigenvalue weighted by molar-refractivity contribution is 5.92. The molecule has 0 bridgehead atoms. The maximum Gasteiger partial charge on any atom is 0.311 e. The van der Waals surface area contributed by atoms with Crippen LogP contribution in [0.2, 0.25) is 0 Å². The van der Waals surface area contributed by atoms with Gasteiger partial charge in [-0.05, 0) is 18.2 Å². The highest BCUT2D eigenvalue weighted by atomic mass is 19.2. The van der Waals surface area contributed by atoms with Crippen LogP contribution in [0.3, 0.4) is 0 Å². The van der Waals surface area contributed by atoms with Crippen molar-refractivity contribution in [1.29, 1.82) is 0 Å².